The maximum absolute atomic E-state index is 14.8. The number of allylic oxidation sites excluding steroid dienone is 2. The van der Waals surface area contributed by atoms with Gasteiger partial charge in [0.2, 0.25) is 0 Å². The quantitative estimate of drug-likeness (QED) is 0.253. The third-order valence-corrected chi connectivity index (χ3v) is 7.46. The molecule has 166 valence electrons. The van der Waals surface area contributed by atoms with Crippen LogP contribution in [0.25, 0.3) is 11.1 Å². The second-order valence-electron chi connectivity index (χ2n) is 9.35. The summed E-state index contributed by atoms with van der Waals surface area (Å²) >= 11 is 0. The van der Waals surface area contributed by atoms with Gasteiger partial charge in [0.05, 0.1) is 0 Å². The lowest BCUT2D eigenvalue weighted by atomic mass is 9.63. The lowest BCUT2D eigenvalue weighted by Crippen LogP contribution is -2.30. The summed E-state index contributed by atoms with van der Waals surface area (Å²) in [5, 5.41) is 0. The molecule has 2 fully saturated rings. The summed E-state index contributed by atoms with van der Waals surface area (Å²) in [5.74, 6) is -2.01. The van der Waals surface area contributed by atoms with Crippen molar-refractivity contribution in [2.24, 2.45) is 17.8 Å². The smallest absolute Gasteiger partial charge is 0.194 e. The number of rotatable bonds is 5. The van der Waals surface area contributed by atoms with E-state index in [1.54, 1.807) is 6.07 Å². The normalized spacial score (nSPS) is 26.2. The topological polar surface area (TPSA) is 0 Å². The molecule has 0 saturated heterocycles. The van der Waals surface area contributed by atoms with Crippen LogP contribution < -0.4 is 0 Å². The van der Waals surface area contributed by atoms with E-state index in [0.717, 1.165) is 42.4 Å². The summed E-state index contributed by atoms with van der Waals surface area (Å²) < 4.78 is 55.2. The van der Waals surface area contributed by atoms with Crippen molar-refractivity contribution in [1.29, 1.82) is 0 Å². The molecule has 0 radical (unpaired) electrons. The second-order valence-corrected chi connectivity index (χ2v) is 9.35. The predicted octanol–water partition coefficient (Wildman–Crippen LogP) is 8.57. The van der Waals surface area contributed by atoms with Crippen LogP contribution in [-0.4, -0.2) is 0 Å². The van der Waals surface area contributed by atoms with Crippen LogP contribution in [0.2, 0.25) is 0 Å². The first-order chi connectivity index (χ1) is 15.0. The van der Waals surface area contributed by atoms with Gasteiger partial charge in [-0.3, -0.25) is 0 Å². The summed E-state index contributed by atoms with van der Waals surface area (Å²) in [6.07, 6.45) is 14.1. The van der Waals surface area contributed by atoms with Gasteiger partial charge in [-0.25, -0.2) is 17.6 Å². The summed E-state index contributed by atoms with van der Waals surface area (Å²) in [6, 6.07) is 6.63. The van der Waals surface area contributed by atoms with Crippen molar-refractivity contribution in [3.8, 4) is 11.1 Å². The first-order valence-corrected chi connectivity index (χ1v) is 11.5. The molecule has 4 atom stereocenters. The Morgan fingerprint density at radius 3 is 2.26 bits per heavy atom. The number of halogens is 4. The van der Waals surface area contributed by atoms with Crippen molar-refractivity contribution in [2.45, 2.75) is 64.2 Å². The van der Waals surface area contributed by atoms with Gasteiger partial charge in [0.15, 0.2) is 17.5 Å². The molecular weight excluding hydrogens is 400 g/mol. The predicted molar refractivity (Wildman–Crippen MR) is 117 cm³/mol. The van der Waals surface area contributed by atoms with Crippen LogP contribution in [0.15, 0.2) is 42.5 Å². The number of hydrogen-bond acceptors (Lipinski definition) is 0. The van der Waals surface area contributed by atoms with Crippen LogP contribution in [0, 0.1) is 41.0 Å². The molecule has 2 aliphatic carbocycles. The molecule has 0 aliphatic heterocycles. The van der Waals surface area contributed by atoms with Crippen LogP contribution >= 0.6 is 0 Å². The molecule has 0 bridgehead atoms. The van der Waals surface area contributed by atoms with E-state index >= 15 is 0 Å². The molecule has 0 amide bonds. The van der Waals surface area contributed by atoms with E-state index in [1.807, 2.05) is 6.07 Å². The van der Waals surface area contributed by atoms with E-state index in [0.29, 0.717) is 11.8 Å². The van der Waals surface area contributed by atoms with Crippen molar-refractivity contribution in [2.75, 3.05) is 0 Å². The van der Waals surface area contributed by atoms with Crippen molar-refractivity contribution in [3.05, 3.63) is 71.3 Å². The SMILES string of the molecule is C/C=C/CCC1CCC2CC(c3ccc(-c4cc(F)c(F)c(F)c4)c(F)c3)CCC2C1. The second kappa shape index (κ2) is 9.58. The van der Waals surface area contributed by atoms with Gasteiger partial charge in [0, 0.05) is 5.56 Å². The molecule has 0 N–H and O–H groups in total. The van der Waals surface area contributed by atoms with E-state index in [1.165, 1.54) is 44.6 Å². The molecule has 31 heavy (non-hydrogen) atoms. The van der Waals surface area contributed by atoms with Crippen molar-refractivity contribution < 1.29 is 17.6 Å². The lowest BCUT2D eigenvalue weighted by molar-refractivity contribution is 0.115. The zero-order valence-corrected chi connectivity index (χ0v) is 18.0. The summed E-state index contributed by atoms with van der Waals surface area (Å²) in [6.45, 7) is 2.07. The van der Waals surface area contributed by atoms with Crippen molar-refractivity contribution >= 4 is 0 Å². The Morgan fingerprint density at radius 2 is 1.55 bits per heavy atom. The third kappa shape index (κ3) is 4.88. The molecule has 2 aromatic carbocycles. The Kier molecular flexibility index (Phi) is 6.83. The fourth-order valence-electron chi connectivity index (χ4n) is 5.78. The minimum absolute atomic E-state index is 0.0143. The fourth-order valence-corrected chi connectivity index (χ4v) is 5.78. The summed E-state index contributed by atoms with van der Waals surface area (Å²) in [4.78, 5) is 0. The standard InChI is InChI=1S/C27H30F4/c1-2-3-4-5-17-6-7-19-13-20(9-8-18(19)12-17)21-10-11-23(24(28)14-21)22-15-25(29)27(31)26(30)16-22/h2-3,10-11,14-20H,4-9,12-13H2,1H3/b3-2+. The molecular formula is C27H30F4. The van der Waals surface area contributed by atoms with Gasteiger partial charge < -0.3 is 0 Å². The van der Waals surface area contributed by atoms with Gasteiger partial charge in [-0.2, -0.15) is 0 Å². The molecule has 4 rings (SSSR count). The molecule has 0 heterocycles. The molecule has 0 nitrogen and oxygen atoms in total. The highest BCUT2D eigenvalue weighted by Crippen LogP contribution is 2.48. The average Bonchev–Trinajstić information content (AvgIpc) is 2.77. The zero-order chi connectivity index (χ0) is 22.0. The van der Waals surface area contributed by atoms with Gasteiger partial charge in [0.1, 0.15) is 5.82 Å². The zero-order valence-electron chi connectivity index (χ0n) is 18.0. The highest BCUT2D eigenvalue weighted by molar-refractivity contribution is 5.65. The highest BCUT2D eigenvalue weighted by atomic mass is 19.2. The minimum Gasteiger partial charge on any atom is -0.206 e. The number of fused-ring (bicyclic) bond motifs is 1. The van der Waals surface area contributed by atoms with E-state index < -0.39 is 23.3 Å². The van der Waals surface area contributed by atoms with Gasteiger partial charge in [-0.1, -0.05) is 30.7 Å². The first-order valence-electron chi connectivity index (χ1n) is 11.5. The highest BCUT2D eigenvalue weighted by Gasteiger charge is 2.35. The number of benzene rings is 2. The van der Waals surface area contributed by atoms with Gasteiger partial charge >= 0.3 is 0 Å². The lowest BCUT2D eigenvalue weighted by Gasteiger charge is -2.42. The monoisotopic (exact) mass is 430 g/mol. The van der Waals surface area contributed by atoms with E-state index in [9.17, 15) is 17.6 Å². The van der Waals surface area contributed by atoms with Crippen molar-refractivity contribution in [3.63, 3.8) is 0 Å². The number of hydrogen-bond donors (Lipinski definition) is 0. The maximum atomic E-state index is 14.8. The maximum Gasteiger partial charge on any atom is 0.194 e. The molecule has 4 unspecified atom stereocenters. The van der Waals surface area contributed by atoms with Crippen LogP contribution in [-0.2, 0) is 0 Å². The van der Waals surface area contributed by atoms with Gasteiger partial charge in [0.25, 0.3) is 0 Å². The van der Waals surface area contributed by atoms with Crippen LogP contribution in [0.3, 0.4) is 0 Å². The largest absolute Gasteiger partial charge is 0.206 e. The Bertz CT molecular complexity index is 925. The van der Waals surface area contributed by atoms with Gasteiger partial charge in [-0.05, 0) is 105 Å². The fraction of sp³-hybridized carbons (Fsp3) is 0.481. The van der Waals surface area contributed by atoms with Crippen molar-refractivity contribution in [1.82, 2.24) is 0 Å². The van der Waals surface area contributed by atoms with Crippen LogP contribution in [0.5, 0.6) is 0 Å². The van der Waals surface area contributed by atoms with Gasteiger partial charge in [-0.15, -0.1) is 0 Å². The molecule has 0 spiro atoms. The Labute approximate surface area is 182 Å². The average molecular weight is 431 g/mol. The molecule has 4 heteroatoms. The summed E-state index contributed by atoms with van der Waals surface area (Å²) in [7, 11) is 0. The molecule has 2 aromatic rings. The van der Waals surface area contributed by atoms with E-state index in [4.69, 9.17) is 0 Å². The minimum atomic E-state index is -1.53. The first kappa shape index (κ1) is 22.1. The van der Waals surface area contributed by atoms with E-state index in [-0.39, 0.29) is 11.1 Å². The Morgan fingerprint density at radius 1 is 0.839 bits per heavy atom. The molecule has 2 aliphatic rings. The van der Waals surface area contributed by atoms with E-state index in [2.05, 4.69) is 19.1 Å². The third-order valence-electron chi connectivity index (χ3n) is 7.46. The van der Waals surface area contributed by atoms with Crippen LogP contribution in [0.1, 0.15) is 69.8 Å². The molecule has 0 aromatic heterocycles. The Hall–Kier alpha value is -2.10. The Balaban J connectivity index is 1.43. The molecule has 2 saturated carbocycles. The summed E-state index contributed by atoms with van der Waals surface area (Å²) in [5.41, 5.74) is 1.07. The van der Waals surface area contributed by atoms with Crippen LogP contribution in [0.4, 0.5) is 17.6 Å².